The Hall–Kier alpha value is -1.74. The van der Waals surface area contributed by atoms with Gasteiger partial charge < -0.3 is 0 Å². The summed E-state index contributed by atoms with van der Waals surface area (Å²) in [5.74, 6) is 0. The summed E-state index contributed by atoms with van der Waals surface area (Å²) < 4.78 is 0.995. The second kappa shape index (κ2) is 4.26. The summed E-state index contributed by atoms with van der Waals surface area (Å²) in [6.45, 7) is 0. The summed E-state index contributed by atoms with van der Waals surface area (Å²) >= 11 is 3.51. The summed E-state index contributed by atoms with van der Waals surface area (Å²) in [6, 6.07) is 16.2. The number of benzene rings is 2. The van der Waals surface area contributed by atoms with Crippen LogP contribution in [0.1, 0.15) is 0 Å². The van der Waals surface area contributed by atoms with Gasteiger partial charge in [0.2, 0.25) is 0 Å². The predicted octanol–water partition coefficient (Wildman–Crippen LogP) is 4.06. The van der Waals surface area contributed by atoms with Crippen molar-refractivity contribution < 1.29 is 0 Å². The Morgan fingerprint density at radius 1 is 0.824 bits per heavy atom. The Kier molecular flexibility index (Phi) is 2.61. The second-order valence-electron chi connectivity index (χ2n) is 3.72. The van der Waals surface area contributed by atoms with Crippen LogP contribution in [0.5, 0.6) is 0 Å². The Morgan fingerprint density at radius 2 is 1.65 bits per heavy atom. The monoisotopic (exact) mass is 284 g/mol. The quantitative estimate of drug-likeness (QED) is 0.673. The number of halogens is 1. The van der Waals surface area contributed by atoms with Gasteiger partial charge in [0.25, 0.3) is 0 Å². The van der Waals surface area contributed by atoms with Crippen molar-refractivity contribution in [3.8, 4) is 11.3 Å². The number of nitrogens with zero attached hydrogens (tertiary/aromatic N) is 2. The lowest BCUT2D eigenvalue weighted by Crippen LogP contribution is -1.89. The van der Waals surface area contributed by atoms with Gasteiger partial charge in [-0.15, -0.1) is 0 Å². The van der Waals surface area contributed by atoms with Crippen molar-refractivity contribution >= 4 is 26.8 Å². The Bertz CT molecular complexity index is 665. The first kappa shape index (κ1) is 10.4. The van der Waals surface area contributed by atoms with Gasteiger partial charge in [0.1, 0.15) is 6.33 Å². The molecule has 3 heteroatoms. The molecule has 0 radical (unpaired) electrons. The molecule has 1 aromatic heterocycles. The highest BCUT2D eigenvalue weighted by molar-refractivity contribution is 9.10. The molecule has 0 unspecified atom stereocenters. The molecule has 17 heavy (non-hydrogen) atoms. The van der Waals surface area contributed by atoms with Gasteiger partial charge in [-0.25, -0.2) is 9.97 Å². The third-order valence-corrected chi connectivity index (χ3v) is 3.30. The minimum Gasteiger partial charge on any atom is -0.236 e. The summed E-state index contributed by atoms with van der Waals surface area (Å²) in [5.41, 5.74) is 3.02. The molecule has 0 spiro atoms. The highest BCUT2D eigenvalue weighted by atomic mass is 79.9. The molecule has 0 saturated carbocycles. The fraction of sp³-hybridized carbons (Fsp3) is 0. The SMILES string of the molecule is Brc1cccc2c(-c3ccccc3)ncnc12. The Morgan fingerprint density at radius 3 is 2.47 bits per heavy atom. The number of hydrogen-bond donors (Lipinski definition) is 0. The van der Waals surface area contributed by atoms with E-state index in [1.54, 1.807) is 6.33 Å². The first-order valence-electron chi connectivity index (χ1n) is 5.31. The lowest BCUT2D eigenvalue weighted by Gasteiger charge is -2.05. The third kappa shape index (κ3) is 1.83. The van der Waals surface area contributed by atoms with E-state index in [1.807, 2.05) is 36.4 Å². The predicted molar refractivity (Wildman–Crippen MR) is 72.7 cm³/mol. The van der Waals surface area contributed by atoms with Crippen molar-refractivity contribution in [1.29, 1.82) is 0 Å². The molecule has 0 aliphatic carbocycles. The molecular formula is C14H9BrN2. The Labute approximate surface area is 107 Å². The molecule has 82 valence electrons. The lowest BCUT2D eigenvalue weighted by atomic mass is 10.1. The van der Waals surface area contributed by atoms with E-state index in [0.29, 0.717) is 0 Å². The van der Waals surface area contributed by atoms with Crippen LogP contribution in [0.4, 0.5) is 0 Å². The highest BCUT2D eigenvalue weighted by Crippen LogP contribution is 2.28. The largest absolute Gasteiger partial charge is 0.236 e. The number of fused-ring (bicyclic) bond motifs is 1. The zero-order valence-electron chi connectivity index (χ0n) is 8.97. The van der Waals surface area contributed by atoms with Gasteiger partial charge in [0.05, 0.1) is 11.2 Å². The van der Waals surface area contributed by atoms with Crippen molar-refractivity contribution in [3.63, 3.8) is 0 Å². The molecule has 3 aromatic rings. The van der Waals surface area contributed by atoms with E-state index in [4.69, 9.17) is 0 Å². The van der Waals surface area contributed by atoms with Crippen molar-refractivity contribution in [2.24, 2.45) is 0 Å². The zero-order chi connectivity index (χ0) is 11.7. The second-order valence-corrected chi connectivity index (χ2v) is 4.58. The average Bonchev–Trinajstić information content (AvgIpc) is 2.40. The number of aromatic nitrogens is 2. The fourth-order valence-corrected chi connectivity index (χ4v) is 2.35. The molecule has 1 heterocycles. The first-order chi connectivity index (χ1) is 8.36. The van der Waals surface area contributed by atoms with Gasteiger partial charge in [-0.1, -0.05) is 42.5 Å². The molecule has 0 bridgehead atoms. The number of hydrogen-bond acceptors (Lipinski definition) is 2. The van der Waals surface area contributed by atoms with Crippen LogP contribution in [-0.4, -0.2) is 9.97 Å². The average molecular weight is 285 g/mol. The lowest BCUT2D eigenvalue weighted by molar-refractivity contribution is 1.22. The van der Waals surface area contributed by atoms with Crippen LogP contribution in [0.15, 0.2) is 59.3 Å². The van der Waals surface area contributed by atoms with E-state index < -0.39 is 0 Å². The van der Waals surface area contributed by atoms with Gasteiger partial charge in [-0.3, -0.25) is 0 Å². The molecular weight excluding hydrogens is 276 g/mol. The van der Waals surface area contributed by atoms with Crippen molar-refractivity contribution in [2.75, 3.05) is 0 Å². The van der Waals surface area contributed by atoms with E-state index in [1.165, 1.54) is 0 Å². The van der Waals surface area contributed by atoms with E-state index in [9.17, 15) is 0 Å². The smallest absolute Gasteiger partial charge is 0.116 e. The van der Waals surface area contributed by atoms with Gasteiger partial charge in [-0.2, -0.15) is 0 Å². The summed E-state index contributed by atoms with van der Waals surface area (Å²) in [6.07, 6.45) is 1.61. The molecule has 0 saturated heterocycles. The van der Waals surface area contributed by atoms with E-state index in [0.717, 1.165) is 26.6 Å². The molecule has 0 fully saturated rings. The van der Waals surface area contributed by atoms with Crippen LogP contribution in [-0.2, 0) is 0 Å². The van der Waals surface area contributed by atoms with Crippen molar-refractivity contribution in [2.45, 2.75) is 0 Å². The molecule has 0 amide bonds. The standard InChI is InChI=1S/C14H9BrN2/c15-12-8-4-7-11-13(16-9-17-14(11)12)10-5-2-1-3-6-10/h1-9H. The molecule has 0 aliphatic rings. The highest BCUT2D eigenvalue weighted by Gasteiger charge is 2.07. The summed E-state index contributed by atoms with van der Waals surface area (Å²) in [5, 5.41) is 1.06. The van der Waals surface area contributed by atoms with E-state index in [-0.39, 0.29) is 0 Å². The maximum absolute atomic E-state index is 4.39. The van der Waals surface area contributed by atoms with Gasteiger partial charge in [0, 0.05) is 15.4 Å². The normalized spacial score (nSPS) is 10.6. The molecule has 0 atom stereocenters. The van der Waals surface area contributed by atoms with Gasteiger partial charge >= 0.3 is 0 Å². The van der Waals surface area contributed by atoms with Crippen LogP contribution >= 0.6 is 15.9 Å². The van der Waals surface area contributed by atoms with Crippen LogP contribution in [0.3, 0.4) is 0 Å². The third-order valence-electron chi connectivity index (χ3n) is 2.66. The maximum Gasteiger partial charge on any atom is 0.116 e. The summed E-state index contributed by atoms with van der Waals surface area (Å²) in [7, 11) is 0. The minimum absolute atomic E-state index is 0.946. The number of para-hydroxylation sites is 1. The van der Waals surface area contributed by atoms with Crippen LogP contribution in [0, 0.1) is 0 Å². The minimum atomic E-state index is 0.946. The first-order valence-corrected chi connectivity index (χ1v) is 6.10. The van der Waals surface area contributed by atoms with Crippen LogP contribution in [0.2, 0.25) is 0 Å². The Balaban J connectivity index is 2.35. The van der Waals surface area contributed by atoms with E-state index >= 15 is 0 Å². The van der Waals surface area contributed by atoms with Crippen LogP contribution < -0.4 is 0 Å². The van der Waals surface area contributed by atoms with Crippen molar-refractivity contribution in [3.05, 3.63) is 59.3 Å². The van der Waals surface area contributed by atoms with E-state index in [2.05, 4.69) is 38.0 Å². The van der Waals surface area contributed by atoms with Crippen LogP contribution in [0.25, 0.3) is 22.2 Å². The molecule has 2 aromatic carbocycles. The maximum atomic E-state index is 4.39. The molecule has 0 aliphatic heterocycles. The molecule has 0 N–H and O–H groups in total. The molecule has 3 rings (SSSR count). The van der Waals surface area contributed by atoms with Gasteiger partial charge in [0.15, 0.2) is 0 Å². The zero-order valence-corrected chi connectivity index (χ0v) is 10.6. The number of rotatable bonds is 1. The van der Waals surface area contributed by atoms with Gasteiger partial charge in [-0.05, 0) is 22.0 Å². The topological polar surface area (TPSA) is 25.8 Å². The fourth-order valence-electron chi connectivity index (χ4n) is 1.88. The summed E-state index contributed by atoms with van der Waals surface area (Å²) in [4.78, 5) is 8.70. The van der Waals surface area contributed by atoms with Crippen molar-refractivity contribution in [1.82, 2.24) is 9.97 Å². The molecule has 2 nitrogen and oxygen atoms in total.